The molecule has 1 saturated heterocycles. The molecule has 0 radical (unpaired) electrons. The summed E-state index contributed by atoms with van der Waals surface area (Å²) in [5.74, 6) is -0.281. The average Bonchev–Trinajstić information content (AvgIpc) is 2.81. The molecule has 0 spiro atoms. The van der Waals surface area contributed by atoms with Gasteiger partial charge in [-0.3, -0.25) is 9.47 Å². The summed E-state index contributed by atoms with van der Waals surface area (Å²) in [4.78, 5) is 14.3. The lowest BCUT2D eigenvalue weighted by molar-refractivity contribution is -0.0271. The largest absolute Gasteiger partial charge is 0.419 e. The number of para-hydroxylation sites is 2. The summed E-state index contributed by atoms with van der Waals surface area (Å²) < 4.78 is 12.6. The Hall–Kier alpha value is -1.63. The Balaban J connectivity index is 1.66. The van der Waals surface area contributed by atoms with E-state index in [1.54, 1.807) is 4.57 Å². The van der Waals surface area contributed by atoms with Gasteiger partial charge in [0.25, 0.3) is 0 Å². The lowest BCUT2D eigenvalue weighted by atomic mass is 10.2. The Kier molecular flexibility index (Phi) is 4.38. The third-order valence-corrected chi connectivity index (χ3v) is 3.87. The van der Waals surface area contributed by atoms with Crippen molar-refractivity contribution in [2.45, 2.75) is 12.6 Å². The minimum absolute atomic E-state index is 0.224. The number of rotatable bonds is 5. The zero-order valence-electron chi connectivity index (χ0n) is 12.2. The number of aromatic nitrogens is 1. The van der Waals surface area contributed by atoms with Gasteiger partial charge in [-0.15, -0.1) is 0 Å². The molecule has 0 aliphatic carbocycles. The van der Waals surface area contributed by atoms with Gasteiger partial charge in [-0.2, -0.15) is 0 Å². The monoisotopic (exact) mass is 291 g/mol. The van der Waals surface area contributed by atoms with Crippen LogP contribution in [-0.2, 0) is 11.3 Å². The first-order valence-electron chi connectivity index (χ1n) is 7.35. The third kappa shape index (κ3) is 3.18. The smallest absolute Gasteiger partial charge is 0.408 e. The molecule has 1 atom stereocenters. The van der Waals surface area contributed by atoms with E-state index in [4.69, 9.17) is 9.15 Å². The molecule has 2 heterocycles. The fraction of sp³-hybridized carbons (Fsp3) is 0.533. The summed E-state index contributed by atoms with van der Waals surface area (Å²) in [5, 5.41) is 3.14. The van der Waals surface area contributed by atoms with Crippen molar-refractivity contribution in [2.75, 3.05) is 39.8 Å². The molecule has 1 aromatic heterocycles. The highest BCUT2D eigenvalue weighted by Crippen LogP contribution is 2.12. The van der Waals surface area contributed by atoms with Crippen molar-refractivity contribution < 1.29 is 9.15 Å². The predicted octanol–water partition coefficient (Wildman–Crippen LogP) is 0.515. The molecular weight excluding hydrogens is 270 g/mol. The van der Waals surface area contributed by atoms with Crippen LogP contribution in [0.2, 0.25) is 0 Å². The fourth-order valence-electron chi connectivity index (χ4n) is 2.80. The summed E-state index contributed by atoms with van der Waals surface area (Å²) in [5.41, 5.74) is 1.51. The number of nitrogens with one attached hydrogen (secondary N) is 1. The maximum Gasteiger partial charge on any atom is 0.419 e. The Morgan fingerprint density at radius 1 is 1.33 bits per heavy atom. The van der Waals surface area contributed by atoms with Gasteiger partial charge in [0.2, 0.25) is 0 Å². The second-order valence-electron chi connectivity index (χ2n) is 5.34. The Labute approximate surface area is 123 Å². The van der Waals surface area contributed by atoms with E-state index in [0.717, 1.165) is 38.3 Å². The molecular formula is C15H21N3O3. The fourth-order valence-corrected chi connectivity index (χ4v) is 2.80. The number of nitrogens with zero attached hydrogens (tertiary/aromatic N) is 2. The molecule has 0 amide bonds. The summed E-state index contributed by atoms with van der Waals surface area (Å²) in [6.07, 6.45) is 0.224. The highest BCUT2D eigenvalue weighted by atomic mass is 16.5. The number of hydrogen-bond acceptors (Lipinski definition) is 5. The van der Waals surface area contributed by atoms with E-state index in [2.05, 4.69) is 10.2 Å². The number of likely N-dealkylation sites (N-methyl/N-ethyl adjacent to an activating group) is 1. The summed E-state index contributed by atoms with van der Waals surface area (Å²) in [6, 6.07) is 7.54. The second-order valence-corrected chi connectivity index (χ2v) is 5.34. The molecule has 2 aromatic rings. The highest BCUT2D eigenvalue weighted by Gasteiger charge is 2.20. The van der Waals surface area contributed by atoms with Gasteiger partial charge in [-0.1, -0.05) is 12.1 Å². The van der Waals surface area contributed by atoms with Crippen LogP contribution in [0.1, 0.15) is 0 Å². The normalized spacial score (nSPS) is 20.1. The van der Waals surface area contributed by atoms with Gasteiger partial charge in [0.1, 0.15) is 0 Å². The number of ether oxygens (including phenoxy) is 1. The first-order valence-corrected chi connectivity index (χ1v) is 7.35. The van der Waals surface area contributed by atoms with Gasteiger partial charge in [0, 0.05) is 32.7 Å². The molecule has 1 fully saturated rings. The molecule has 0 bridgehead atoms. The third-order valence-electron chi connectivity index (χ3n) is 3.87. The minimum Gasteiger partial charge on any atom is -0.408 e. The van der Waals surface area contributed by atoms with Crippen molar-refractivity contribution >= 4 is 11.1 Å². The Bertz CT molecular complexity index is 647. The van der Waals surface area contributed by atoms with Crippen LogP contribution in [-0.4, -0.2) is 55.4 Å². The number of oxazole rings is 1. The molecule has 6 nitrogen and oxygen atoms in total. The molecule has 6 heteroatoms. The predicted molar refractivity (Wildman–Crippen MR) is 80.6 cm³/mol. The zero-order chi connectivity index (χ0) is 14.7. The highest BCUT2D eigenvalue weighted by molar-refractivity contribution is 5.72. The van der Waals surface area contributed by atoms with E-state index >= 15 is 0 Å². The van der Waals surface area contributed by atoms with E-state index in [0.29, 0.717) is 12.1 Å². The van der Waals surface area contributed by atoms with Crippen molar-refractivity contribution in [3.8, 4) is 0 Å². The van der Waals surface area contributed by atoms with Gasteiger partial charge in [0.15, 0.2) is 5.58 Å². The average molecular weight is 291 g/mol. The molecule has 114 valence electrons. The van der Waals surface area contributed by atoms with Crippen molar-refractivity contribution in [1.82, 2.24) is 14.8 Å². The second kappa shape index (κ2) is 6.43. The number of benzene rings is 1. The molecule has 0 saturated carbocycles. The SMILES string of the molecule is CNCC1CN(CCn2c(=O)oc3ccccc32)CCO1. The van der Waals surface area contributed by atoms with Crippen molar-refractivity contribution in [2.24, 2.45) is 0 Å². The van der Waals surface area contributed by atoms with Crippen LogP contribution in [0.15, 0.2) is 33.5 Å². The van der Waals surface area contributed by atoms with Crippen LogP contribution in [0.4, 0.5) is 0 Å². The topological polar surface area (TPSA) is 59.6 Å². The van der Waals surface area contributed by atoms with Crippen molar-refractivity contribution in [1.29, 1.82) is 0 Å². The maximum absolute atomic E-state index is 11.9. The molecule has 1 unspecified atom stereocenters. The van der Waals surface area contributed by atoms with Gasteiger partial charge >= 0.3 is 5.76 Å². The number of fused-ring (bicyclic) bond motifs is 1. The van der Waals surface area contributed by atoms with Gasteiger partial charge in [0.05, 0.1) is 18.2 Å². The van der Waals surface area contributed by atoms with E-state index in [1.807, 2.05) is 31.3 Å². The molecule has 21 heavy (non-hydrogen) atoms. The van der Waals surface area contributed by atoms with Crippen molar-refractivity contribution in [3.63, 3.8) is 0 Å². The summed E-state index contributed by atoms with van der Waals surface area (Å²) in [7, 11) is 1.93. The zero-order valence-corrected chi connectivity index (χ0v) is 12.2. The molecule has 1 N–H and O–H groups in total. The van der Waals surface area contributed by atoms with Gasteiger partial charge in [-0.25, -0.2) is 4.79 Å². The van der Waals surface area contributed by atoms with Crippen LogP contribution in [0, 0.1) is 0 Å². The Morgan fingerprint density at radius 3 is 3.05 bits per heavy atom. The molecule has 3 rings (SSSR count). The minimum atomic E-state index is -0.281. The molecule has 1 aliphatic rings. The lowest BCUT2D eigenvalue weighted by Crippen LogP contribution is -2.47. The van der Waals surface area contributed by atoms with E-state index < -0.39 is 0 Å². The van der Waals surface area contributed by atoms with Crippen LogP contribution >= 0.6 is 0 Å². The number of morpholine rings is 1. The summed E-state index contributed by atoms with van der Waals surface area (Å²) in [6.45, 7) is 4.86. The van der Waals surface area contributed by atoms with Crippen LogP contribution in [0.5, 0.6) is 0 Å². The Morgan fingerprint density at radius 2 is 2.19 bits per heavy atom. The summed E-state index contributed by atoms with van der Waals surface area (Å²) >= 11 is 0. The number of hydrogen-bond donors (Lipinski definition) is 1. The van der Waals surface area contributed by atoms with E-state index in [1.165, 1.54) is 0 Å². The lowest BCUT2D eigenvalue weighted by Gasteiger charge is -2.32. The molecule has 1 aromatic carbocycles. The van der Waals surface area contributed by atoms with Gasteiger partial charge < -0.3 is 14.5 Å². The molecule has 1 aliphatic heterocycles. The van der Waals surface area contributed by atoms with Gasteiger partial charge in [-0.05, 0) is 19.2 Å². The van der Waals surface area contributed by atoms with Crippen LogP contribution in [0.3, 0.4) is 0 Å². The quantitative estimate of drug-likeness (QED) is 0.870. The standard InChI is InChI=1S/C15H21N3O3/c1-16-10-12-11-17(8-9-20-12)6-7-18-13-4-2-3-5-14(13)21-15(18)19/h2-5,12,16H,6-11H2,1H3. The maximum atomic E-state index is 11.9. The van der Waals surface area contributed by atoms with Crippen LogP contribution in [0.25, 0.3) is 11.1 Å². The van der Waals surface area contributed by atoms with Crippen LogP contribution < -0.4 is 11.1 Å². The first-order chi connectivity index (χ1) is 10.3. The van der Waals surface area contributed by atoms with E-state index in [9.17, 15) is 4.79 Å². The first kappa shape index (κ1) is 14.3. The van der Waals surface area contributed by atoms with Crippen molar-refractivity contribution in [3.05, 3.63) is 34.8 Å². The van der Waals surface area contributed by atoms with E-state index in [-0.39, 0.29) is 11.9 Å².